The first-order chi connectivity index (χ1) is 12.5. The third-order valence-electron chi connectivity index (χ3n) is 3.92. The van der Waals surface area contributed by atoms with E-state index in [2.05, 4.69) is 10.6 Å². The number of hydrogen-bond acceptors (Lipinski definition) is 4. The normalized spacial score (nSPS) is 12.4. The van der Waals surface area contributed by atoms with Gasteiger partial charge in [-0.1, -0.05) is 17.7 Å². The van der Waals surface area contributed by atoms with Crippen LogP contribution in [0.1, 0.15) is 23.6 Å². The average Bonchev–Trinajstić information content (AvgIpc) is 2.56. The maximum atomic E-state index is 13.2. The van der Waals surface area contributed by atoms with Gasteiger partial charge < -0.3 is 10.6 Å². The Morgan fingerprint density at radius 1 is 1.11 bits per heavy atom. The van der Waals surface area contributed by atoms with Crippen molar-refractivity contribution in [3.63, 3.8) is 0 Å². The smallest absolute Gasteiger partial charge is 0.374 e. The molecule has 144 valence electrons. The fourth-order valence-electron chi connectivity index (χ4n) is 2.50. The number of nitro benzene ring substituents is 1. The first-order valence-corrected chi connectivity index (χ1v) is 7.99. The van der Waals surface area contributed by atoms with Gasteiger partial charge in [-0.05, 0) is 38.5 Å². The van der Waals surface area contributed by atoms with Gasteiger partial charge in [0.2, 0.25) is 5.91 Å². The maximum absolute atomic E-state index is 13.2. The molecule has 2 N–H and O–H groups in total. The highest BCUT2D eigenvalue weighted by Crippen LogP contribution is 2.37. The van der Waals surface area contributed by atoms with Crippen LogP contribution in [0, 0.1) is 24.0 Å². The van der Waals surface area contributed by atoms with Crippen LogP contribution in [0.25, 0.3) is 0 Å². The van der Waals surface area contributed by atoms with Crippen molar-refractivity contribution in [2.75, 3.05) is 10.6 Å². The van der Waals surface area contributed by atoms with Gasteiger partial charge in [0.25, 0.3) is 5.69 Å². The first-order valence-electron chi connectivity index (χ1n) is 7.99. The number of carbonyl (C=O) groups is 1. The van der Waals surface area contributed by atoms with Crippen LogP contribution in [0.4, 0.5) is 30.2 Å². The minimum Gasteiger partial charge on any atom is -0.374 e. The van der Waals surface area contributed by atoms with Gasteiger partial charge in [0.15, 0.2) is 0 Å². The van der Waals surface area contributed by atoms with Crippen molar-refractivity contribution in [3.8, 4) is 0 Å². The van der Waals surface area contributed by atoms with Crippen molar-refractivity contribution in [1.82, 2.24) is 0 Å². The molecule has 2 aromatic carbocycles. The summed E-state index contributed by atoms with van der Waals surface area (Å²) in [5.41, 5.74) is 0.0951. The van der Waals surface area contributed by atoms with Gasteiger partial charge in [0.05, 0.1) is 16.2 Å². The van der Waals surface area contributed by atoms with Gasteiger partial charge in [0, 0.05) is 17.8 Å². The molecule has 0 aliphatic carbocycles. The molecule has 0 aliphatic heterocycles. The summed E-state index contributed by atoms with van der Waals surface area (Å²) in [7, 11) is 0. The zero-order valence-corrected chi connectivity index (χ0v) is 14.8. The molecule has 1 amide bonds. The maximum Gasteiger partial charge on any atom is 0.418 e. The van der Waals surface area contributed by atoms with E-state index in [0.717, 1.165) is 23.3 Å². The number of nitrogens with zero attached hydrogens (tertiary/aromatic N) is 1. The van der Waals surface area contributed by atoms with E-state index in [-0.39, 0.29) is 0 Å². The number of carbonyl (C=O) groups excluding carboxylic acids is 1. The zero-order chi connectivity index (χ0) is 20.4. The Balaban J connectivity index is 2.22. The van der Waals surface area contributed by atoms with Crippen LogP contribution in [-0.4, -0.2) is 16.9 Å². The Hall–Kier alpha value is -3.10. The Bertz CT molecular complexity index is 882. The van der Waals surface area contributed by atoms with Crippen LogP contribution in [0.2, 0.25) is 0 Å². The molecule has 0 spiro atoms. The highest BCUT2D eigenvalue weighted by Gasteiger charge is 2.36. The SMILES string of the molecule is Cc1ccc(N[C@H](C)C(=O)Nc2ccc([N+](=O)[O-])cc2C(F)(F)F)c(C)c1. The second-order valence-electron chi connectivity index (χ2n) is 6.16. The molecule has 0 bridgehead atoms. The number of alkyl halides is 3. The second-order valence-corrected chi connectivity index (χ2v) is 6.16. The van der Waals surface area contributed by atoms with Crippen LogP contribution >= 0.6 is 0 Å². The molecule has 6 nitrogen and oxygen atoms in total. The van der Waals surface area contributed by atoms with Crippen LogP contribution in [0.5, 0.6) is 0 Å². The number of aryl methyl sites for hydroxylation is 2. The molecule has 2 rings (SSSR count). The summed E-state index contributed by atoms with van der Waals surface area (Å²) in [5, 5.41) is 15.9. The minimum absolute atomic E-state index is 0.401. The molecule has 0 saturated carbocycles. The minimum atomic E-state index is -4.85. The van der Waals surface area contributed by atoms with E-state index < -0.39 is 40.0 Å². The summed E-state index contributed by atoms with van der Waals surface area (Å²) in [6.07, 6.45) is -4.85. The predicted molar refractivity (Wildman–Crippen MR) is 95.7 cm³/mol. The van der Waals surface area contributed by atoms with Crippen molar-refractivity contribution >= 4 is 23.0 Å². The molecule has 0 aromatic heterocycles. The van der Waals surface area contributed by atoms with Gasteiger partial charge in [-0.3, -0.25) is 14.9 Å². The molecular weight excluding hydrogens is 363 g/mol. The third kappa shape index (κ3) is 4.96. The highest BCUT2D eigenvalue weighted by molar-refractivity contribution is 5.97. The van der Waals surface area contributed by atoms with Crippen molar-refractivity contribution in [3.05, 3.63) is 63.2 Å². The lowest BCUT2D eigenvalue weighted by Gasteiger charge is -2.19. The Labute approximate surface area is 153 Å². The number of nitro groups is 1. The molecule has 0 unspecified atom stereocenters. The van der Waals surface area contributed by atoms with E-state index in [1.807, 2.05) is 26.0 Å². The summed E-state index contributed by atoms with van der Waals surface area (Å²) in [4.78, 5) is 22.1. The predicted octanol–water partition coefficient (Wildman–Crippen LogP) is 4.67. The van der Waals surface area contributed by atoms with Gasteiger partial charge in [-0.2, -0.15) is 13.2 Å². The lowest BCUT2D eigenvalue weighted by atomic mass is 10.1. The van der Waals surface area contributed by atoms with Crippen molar-refractivity contribution in [2.45, 2.75) is 33.0 Å². The topological polar surface area (TPSA) is 84.3 Å². The number of rotatable bonds is 5. The summed E-state index contributed by atoms with van der Waals surface area (Å²) >= 11 is 0. The summed E-state index contributed by atoms with van der Waals surface area (Å²) in [6.45, 7) is 5.27. The van der Waals surface area contributed by atoms with E-state index in [9.17, 15) is 28.1 Å². The average molecular weight is 381 g/mol. The number of nitrogens with one attached hydrogen (secondary N) is 2. The van der Waals surface area contributed by atoms with Crippen LogP contribution in [0.3, 0.4) is 0 Å². The fraction of sp³-hybridized carbons (Fsp3) is 0.278. The van der Waals surface area contributed by atoms with Gasteiger partial charge in [-0.25, -0.2) is 0 Å². The molecule has 1 atom stereocenters. The molecule has 0 radical (unpaired) electrons. The molecular formula is C18H18F3N3O3. The molecule has 9 heteroatoms. The van der Waals surface area contributed by atoms with Crippen molar-refractivity contribution in [2.24, 2.45) is 0 Å². The first kappa shape index (κ1) is 20.2. The van der Waals surface area contributed by atoms with E-state index in [1.54, 1.807) is 6.07 Å². The van der Waals surface area contributed by atoms with Gasteiger partial charge in [-0.15, -0.1) is 0 Å². The van der Waals surface area contributed by atoms with E-state index >= 15 is 0 Å². The Kier molecular flexibility index (Phi) is 5.72. The standard InChI is InChI=1S/C18H18F3N3O3/c1-10-4-6-15(11(2)8-10)22-12(3)17(25)23-16-7-5-13(24(26)27)9-14(16)18(19,20)21/h4-9,12,22H,1-3H3,(H,23,25)/t12-/m1/s1. The lowest BCUT2D eigenvalue weighted by molar-refractivity contribution is -0.385. The molecule has 27 heavy (non-hydrogen) atoms. The fourth-order valence-corrected chi connectivity index (χ4v) is 2.50. The number of non-ortho nitro benzene ring substituents is 1. The number of amides is 1. The van der Waals surface area contributed by atoms with E-state index in [0.29, 0.717) is 11.8 Å². The van der Waals surface area contributed by atoms with Crippen LogP contribution < -0.4 is 10.6 Å². The third-order valence-corrected chi connectivity index (χ3v) is 3.92. The number of hydrogen-bond donors (Lipinski definition) is 2. The zero-order valence-electron chi connectivity index (χ0n) is 14.8. The van der Waals surface area contributed by atoms with E-state index in [4.69, 9.17) is 0 Å². The van der Waals surface area contributed by atoms with Crippen LogP contribution in [0.15, 0.2) is 36.4 Å². The van der Waals surface area contributed by atoms with E-state index in [1.165, 1.54) is 6.92 Å². The monoisotopic (exact) mass is 381 g/mol. The van der Waals surface area contributed by atoms with Gasteiger partial charge >= 0.3 is 6.18 Å². The van der Waals surface area contributed by atoms with Gasteiger partial charge in [0.1, 0.15) is 6.04 Å². The Morgan fingerprint density at radius 2 is 1.74 bits per heavy atom. The number of anilines is 2. The van der Waals surface area contributed by atoms with Crippen molar-refractivity contribution < 1.29 is 22.9 Å². The largest absolute Gasteiger partial charge is 0.418 e. The lowest BCUT2D eigenvalue weighted by Crippen LogP contribution is -2.32. The quantitative estimate of drug-likeness (QED) is 0.582. The molecule has 0 saturated heterocycles. The number of halogens is 3. The second kappa shape index (κ2) is 7.65. The van der Waals surface area contributed by atoms with Crippen LogP contribution in [-0.2, 0) is 11.0 Å². The Morgan fingerprint density at radius 3 is 2.30 bits per heavy atom. The molecule has 0 fully saturated rings. The summed E-state index contributed by atoms with van der Waals surface area (Å²) in [5.74, 6) is -0.700. The summed E-state index contributed by atoms with van der Waals surface area (Å²) in [6, 6.07) is 6.89. The molecule has 2 aromatic rings. The number of benzene rings is 2. The highest BCUT2D eigenvalue weighted by atomic mass is 19.4. The summed E-state index contributed by atoms with van der Waals surface area (Å²) < 4.78 is 39.6. The molecule has 0 aliphatic rings. The van der Waals surface area contributed by atoms with Crippen molar-refractivity contribution in [1.29, 1.82) is 0 Å². The molecule has 0 heterocycles.